The van der Waals surface area contributed by atoms with Gasteiger partial charge in [0, 0.05) is 25.0 Å². The number of nitrogens with one attached hydrogen (secondary N) is 1. The molecule has 3 aromatic carbocycles. The lowest BCUT2D eigenvalue weighted by Gasteiger charge is -2.29. The summed E-state index contributed by atoms with van der Waals surface area (Å²) in [5.41, 5.74) is 3.03. The van der Waals surface area contributed by atoms with Gasteiger partial charge in [-0.1, -0.05) is 54.3 Å². The molecule has 2 fully saturated rings. The Morgan fingerprint density at radius 2 is 1.83 bits per heavy atom. The first-order valence-corrected chi connectivity index (χ1v) is 14.7. The van der Waals surface area contributed by atoms with Crippen LogP contribution in [0.25, 0.3) is 5.76 Å². The molecule has 2 saturated heterocycles. The van der Waals surface area contributed by atoms with Crippen LogP contribution in [0.4, 0.5) is 0 Å². The zero-order valence-electron chi connectivity index (χ0n) is 23.8. The lowest BCUT2D eigenvalue weighted by Crippen LogP contribution is -3.14. The van der Waals surface area contributed by atoms with Crippen LogP contribution in [-0.2, 0) is 27.4 Å². The van der Waals surface area contributed by atoms with Crippen molar-refractivity contribution in [3.05, 3.63) is 101 Å². The zero-order valence-corrected chi connectivity index (χ0v) is 23.8. The lowest BCUT2D eigenvalue weighted by atomic mass is 9.94. The fourth-order valence-electron chi connectivity index (χ4n) is 6.09. The van der Waals surface area contributed by atoms with Crippen LogP contribution in [0.2, 0.25) is 0 Å². The van der Waals surface area contributed by atoms with E-state index in [1.807, 2.05) is 61.5 Å². The van der Waals surface area contributed by atoms with Gasteiger partial charge in [-0.05, 0) is 53.4 Å². The number of carbonyl (C=O) groups is 2. The maximum atomic E-state index is 14.0. The fraction of sp³-hybridized carbons (Fsp3) is 0.353. The van der Waals surface area contributed by atoms with E-state index in [9.17, 15) is 14.7 Å². The maximum absolute atomic E-state index is 14.0. The molecule has 42 heavy (non-hydrogen) atoms. The summed E-state index contributed by atoms with van der Waals surface area (Å²) in [4.78, 5) is 30.0. The SMILES string of the molecule is CC1Cc2cc(/C([O-])=C3\C(=O)C(=O)N(CCC[NH+]4CCOCC4)C3c3cccc(OCc4ccccc4)c3)ccc2O1. The number of nitrogens with zero attached hydrogens (tertiary/aromatic N) is 1. The van der Waals surface area contributed by atoms with Crippen molar-refractivity contribution in [1.29, 1.82) is 0 Å². The number of likely N-dealkylation sites (tertiary alicyclic amines) is 1. The number of ether oxygens (including phenoxy) is 3. The van der Waals surface area contributed by atoms with E-state index in [-0.39, 0.29) is 11.7 Å². The van der Waals surface area contributed by atoms with Gasteiger partial charge < -0.3 is 29.1 Å². The van der Waals surface area contributed by atoms with Gasteiger partial charge in [-0.3, -0.25) is 9.59 Å². The van der Waals surface area contributed by atoms with E-state index in [0.29, 0.717) is 42.9 Å². The minimum atomic E-state index is -0.791. The minimum Gasteiger partial charge on any atom is -0.872 e. The van der Waals surface area contributed by atoms with Crippen molar-refractivity contribution in [2.45, 2.75) is 38.5 Å². The van der Waals surface area contributed by atoms with Crippen LogP contribution < -0.4 is 19.5 Å². The highest BCUT2D eigenvalue weighted by Crippen LogP contribution is 2.40. The molecule has 3 aliphatic rings. The summed E-state index contributed by atoms with van der Waals surface area (Å²) in [6.07, 6.45) is 1.44. The van der Waals surface area contributed by atoms with E-state index < -0.39 is 23.5 Å². The van der Waals surface area contributed by atoms with E-state index in [4.69, 9.17) is 14.2 Å². The van der Waals surface area contributed by atoms with Crippen LogP contribution in [-0.4, -0.2) is 62.1 Å². The molecule has 6 rings (SSSR count). The third kappa shape index (κ3) is 5.91. The van der Waals surface area contributed by atoms with E-state index in [1.165, 1.54) is 4.90 Å². The Morgan fingerprint density at radius 1 is 1.02 bits per heavy atom. The number of morpholine rings is 1. The smallest absolute Gasteiger partial charge is 0.295 e. The van der Waals surface area contributed by atoms with Gasteiger partial charge in [-0.2, -0.15) is 0 Å². The summed E-state index contributed by atoms with van der Waals surface area (Å²) in [7, 11) is 0. The van der Waals surface area contributed by atoms with E-state index in [2.05, 4.69) is 0 Å². The van der Waals surface area contributed by atoms with Gasteiger partial charge in [0.05, 0.1) is 25.8 Å². The molecule has 2 unspecified atom stereocenters. The molecule has 8 nitrogen and oxygen atoms in total. The standard InChI is InChI=1S/C34H36N2O6/c1-23-19-27-20-26(11-12-29(27)42-23)32(37)30-31(25-9-5-10-28(21-25)41-22-24-7-3-2-4-8-24)36(34(39)33(30)38)14-6-13-35-15-17-40-18-16-35/h2-5,7-12,20-21,23,31,37H,6,13-19,22H2,1H3/b32-30+. The summed E-state index contributed by atoms with van der Waals surface area (Å²) in [5, 5.41) is 14.0. The van der Waals surface area contributed by atoms with Crippen LogP contribution >= 0.6 is 0 Å². The number of Topliss-reactive ketones (excluding diaryl/α,β-unsaturated/α-hetero) is 1. The fourth-order valence-corrected chi connectivity index (χ4v) is 6.09. The summed E-state index contributed by atoms with van der Waals surface area (Å²) in [6.45, 7) is 6.90. The molecule has 218 valence electrons. The third-order valence-corrected chi connectivity index (χ3v) is 8.24. The third-order valence-electron chi connectivity index (χ3n) is 8.24. The van der Waals surface area contributed by atoms with Crippen LogP contribution in [0.5, 0.6) is 11.5 Å². The average Bonchev–Trinajstić information content (AvgIpc) is 3.52. The molecule has 8 heteroatoms. The molecule has 2 atom stereocenters. The van der Waals surface area contributed by atoms with Gasteiger partial charge in [0.1, 0.15) is 37.3 Å². The molecular weight excluding hydrogens is 532 g/mol. The predicted octanol–water partition coefficient (Wildman–Crippen LogP) is 2.12. The molecule has 0 radical (unpaired) electrons. The van der Waals surface area contributed by atoms with Crippen LogP contribution in [0.1, 0.15) is 41.6 Å². The predicted molar refractivity (Wildman–Crippen MR) is 155 cm³/mol. The van der Waals surface area contributed by atoms with Gasteiger partial charge in [0.2, 0.25) is 5.78 Å². The summed E-state index contributed by atoms with van der Waals surface area (Å²) < 4.78 is 17.3. The average molecular weight is 569 g/mol. The number of hydrogen-bond acceptors (Lipinski definition) is 6. The molecule has 3 heterocycles. The molecule has 0 spiro atoms. The van der Waals surface area contributed by atoms with Crippen molar-refractivity contribution in [2.24, 2.45) is 0 Å². The number of benzene rings is 3. The first kappa shape index (κ1) is 28.0. The number of carbonyl (C=O) groups excluding carboxylic acids is 2. The number of rotatable bonds is 9. The van der Waals surface area contributed by atoms with E-state index >= 15 is 0 Å². The second kappa shape index (κ2) is 12.4. The lowest BCUT2D eigenvalue weighted by molar-refractivity contribution is -0.908. The largest absolute Gasteiger partial charge is 0.872 e. The van der Waals surface area contributed by atoms with Crippen molar-refractivity contribution >= 4 is 17.4 Å². The van der Waals surface area contributed by atoms with Crippen LogP contribution in [0.3, 0.4) is 0 Å². The number of ketones is 1. The topological polar surface area (TPSA) is 92.6 Å². The Kier molecular flexibility index (Phi) is 8.26. The highest BCUT2D eigenvalue weighted by atomic mass is 16.5. The van der Waals surface area contributed by atoms with Gasteiger partial charge in [0.25, 0.3) is 5.91 Å². The molecule has 0 saturated carbocycles. The van der Waals surface area contributed by atoms with E-state index in [1.54, 1.807) is 23.1 Å². The van der Waals surface area contributed by atoms with Crippen LogP contribution in [0.15, 0.2) is 78.4 Å². The first-order valence-electron chi connectivity index (χ1n) is 14.7. The van der Waals surface area contributed by atoms with Crippen molar-refractivity contribution in [3.63, 3.8) is 0 Å². The van der Waals surface area contributed by atoms with Gasteiger partial charge in [-0.15, -0.1) is 0 Å². The van der Waals surface area contributed by atoms with Crippen LogP contribution in [0, 0.1) is 0 Å². The second-order valence-electron chi connectivity index (χ2n) is 11.2. The quantitative estimate of drug-likeness (QED) is 0.242. The molecule has 0 bridgehead atoms. The van der Waals surface area contributed by atoms with Gasteiger partial charge in [0.15, 0.2) is 0 Å². The number of hydrogen-bond donors (Lipinski definition) is 1. The molecule has 0 aliphatic carbocycles. The molecule has 1 N–H and O–H groups in total. The minimum absolute atomic E-state index is 0.00848. The summed E-state index contributed by atoms with van der Waals surface area (Å²) in [6, 6.07) is 21.7. The van der Waals surface area contributed by atoms with Crippen molar-refractivity contribution in [3.8, 4) is 11.5 Å². The zero-order chi connectivity index (χ0) is 29.1. The molecule has 1 amide bonds. The Labute approximate surface area is 246 Å². The molecule has 3 aromatic rings. The van der Waals surface area contributed by atoms with Gasteiger partial charge >= 0.3 is 0 Å². The molecule has 0 aromatic heterocycles. The second-order valence-corrected chi connectivity index (χ2v) is 11.2. The van der Waals surface area contributed by atoms with Gasteiger partial charge in [-0.25, -0.2) is 0 Å². The molecule has 3 aliphatic heterocycles. The highest BCUT2D eigenvalue weighted by molar-refractivity contribution is 6.46. The Hall–Kier alpha value is -4.14. The van der Waals surface area contributed by atoms with E-state index in [0.717, 1.165) is 49.7 Å². The highest BCUT2D eigenvalue weighted by Gasteiger charge is 2.44. The first-order chi connectivity index (χ1) is 20.5. The normalized spacial score (nSPS) is 21.8. The monoisotopic (exact) mass is 568 g/mol. The Morgan fingerprint density at radius 3 is 2.64 bits per heavy atom. The van der Waals surface area contributed by atoms with Crippen molar-refractivity contribution < 1.29 is 33.8 Å². The number of fused-ring (bicyclic) bond motifs is 1. The Bertz CT molecular complexity index is 1480. The number of amides is 1. The van der Waals surface area contributed by atoms with Crippen molar-refractivity contribution in [1.82, 2.24) is 4.90 Å². The maximum Gasteiger partial charge on any atom is 0.295 e. The Balaban J connectivity index is 1.32. The molecular formula is C34H36N2O6. The van der Waals surface area contributed by atoms with Crippen molar-refractivity contribution in [2.75, 3.05) is 39.4 Å². The summed E-state index contributed by atoms with van der Waals surface area (Å²) >= 11 is 0. The summed E-state index contributed by atoms with van der Waals surface area (Å²) in [5.74, 6) is -0.419. The number of quaternary nitrogens is 1.